The molecular formula is C18H25NO4S. The smallest absolute Gasteiger partial charge is 0.254 e. The normalized spacial score (nSPS) is 22.3. The summed E-state index contributed by atoms with van der Waals surface area (Å²) in [5.41, 5.74) is 0.589. The van der Waals surface area contributed by atoms with Gasteiger partial charge in [0, 0.05) is 18.2 Å². The summed E-state index contributed by atoms with van der Waals surface area (Å²) in [4.78, 5) is 14.5. The molecule has 1 saturated carbocycles. The molecule has 0 spiro atoms. The molecule has 1 heterocycles. The van der Waals surface area contributed by atoms with E-state index in [0.717, 1.165) is 18.8 Å². The largest absolute Gasteiger partial charge is 0.493 e. The van der Waals surface area contributed by atoms with E-state index in [1.165, 1.54) is 12.8 Å². The van der Waals surface area contributed by atoms with Gasteiger partial charge in [0.05, 0.1) is 18.1 Å². The minimum absolute atomic E-state index is 0.0846. The standard InChI is InChI=1S/C18H25NO4S/c1-2-10-19(16-9-11-24(21,22)13-16)18(20)15-5-7-17(8-6-15)23-12-14-3-4-14/h5-8,14,16H,2-4,9-13H2,1H3. The molecule has 1 saturated heterocycles. The monoisotopic (exact) mass is 351 g/mol. The number of hydrogen-bond donors (Lipinski definition) is 0. The molecule has 0 bridgehead atoms. The molecule has 1 amide bonds. The molecular weight excluding hydrogens is 326 g/mol. The van der Waals surface area contributed by atoms with Crippen LogP contribution in [0, 0.1) is 5.92 Å². The van der Waals surface area contributed by atoms with Crippen LogP contribution in [0.3, 0.4) is 0 Å². The summed E-state index contributed by atoms with van der Waals surface area (Å²) in [6.45, 7) is 3.33. The van der Waals surface area contributed by atoms with Crippen LogP contribution in [0.1, 0.15) is 43.0 Å². The molecule has 2 aliphatic rings. The second-order valence-corrected chi connectivity index (χ2v) is 9.06. The molecule has 3 rings (SSSR count). The first kappa shape index (κ1) is 17.3. The highest BCUT2D eigenvalue weighted by Crippen LogP contribution is 2.29. The number of sulfone groups is 1. The topological polar surface area (TPSA) is 63.7 Å². The maximum Gasteiger partial charge on any atom is 0.254 e. The van der Waals surface area contributed by atoms with Gasteiger partial charge in [-0.2, -0.15) is 0 Å². The molecule has 0 N–H and O–H groups in total. The Balaban J connectivity index is 1.67. The number of carbonyl (C=O) groups is 1. The van der Waals surface area contributed by atoms with Gasteiger partial charge < -0.3 is 9.64 Å². The number of carbonyl (C=O) groups excluding carboxylic acids is 1. The van der Waals surface area contributed by atoms with Crippen LogP contribution >= 0.6 is 0 Å². The van der Waals surface area contributed by atoms with Crippen molar-refractivity contribution >= 4 is 15.7 Å². The summed E-state index contributed by atoms with van der Waals surface area (Å²) < 4.78 is 29.2. The number of benzene rings is 1. The van der Waals surface area contributed by atoms with Crippen molar-refractivity contribution in [2.24, 2.45) is 5.92 Å². The Bertz CT molecular complexity index is 679. The van der Waals surface area contributed by atoms with E-state index in [1.807, 2.05) is 19.1 Å². The minimum Gasteiger partial charge on any atom is -0.493 e. The molecule has 0 radical (unpaired) electrons. The van der Waals surface area contributed by atoms with Crippen molar-refractivity contribution in [3.05, 3.63) is 29.8 Å². The Morgan fingerprint density at radius 1 is 1.21 bits per heavy atom. The van der Waals surface area contributed by atoms with E-state index in [9.17, 15) is 13.2 Å². The molecule has 2 fully saturated rings. The fourth-order valence-electron chi connectivity index (χ4n) is 3.07. The molecule has 24 heavy (non-hydrogen) atoms. The first-order valence-corrected chi connectivity index (χ1v) is 10.5. The molecule has 6 heteroatoms. The van der Waals surface area contributed by atoms with Gasteiger partial charge >= 0.3 is 0 Å². The highest BCUT2D eigenvalue weighted by molar-refractivity contribution is 7.91. The van der Waals surface area contributed by atoms with Gasteiger partial charge in [-0.25, -0.2) is 8.42 Å². The predicted octanol–water partition coefficient (Wildman–Crippen LogP) is 2.51. The minimum atomic E-state index is -3.00. The van der Waals surface area contributed by atoms with Crippen molar-refractivity contribution in [1.82, 2.24) is 4.90 Å². The van der Waals surface area contributed by atoms with Gasteiger partial charge in [0.15, 0.2) is 9.84 Å². The van der Waals surface area contributed by atoms with E-state index in [0.29, 0.717) is 24.4 Å². The number of amides is 1. The second kappa shape index (κ2) is 7.13. The van der Waals surface area contributed by atoms with E-state index in [4.69, 9.17) is 4.74 Å². The van der Waals surface area contributed by atoms with Crippen LogP contribution in [-0.4, -0.2) is 49.9 Å². The fraction of sp³-hybridized carbons (Fsp3) is 0.611. The summed E-state index contributed by atoms with van der Waals surface area (Å²) in [6.07, 6.45) is 3.83. The van der Waals surface area contributed by atoms with E-state index < -0.39 is 9.84 Å². The van der Waals surface area contributed by atoms with Crippen molar-refractivity contribution in [1.29, 1.82) is 0 Å². The fourth-order valence-corrected chi connectivity index (χ4v) is 4.80. The van der Waals surface area contributed by atoms with E-state index in [2.05, 4.69) is 0 Å². The summed E-state index contributed by atoms with van der Waals surface area (Å²) in [5, 5.41) is 0. The zero-order chi connectivity index (χ0) is 17.2. The summed E-state index contributed by atoms with van der Waals surface area (Å²) in [7, 11) is -3.00. The van der Waals surface area contributed by atoms with Gasteiger partial charge in [0.1, 0.15) is 5.75 Å². The zero-order valence-electron chi connectivity index (χ0n) is 14.1. The molecule has 0 aromatic heterocycles. The van der Waals surface area contributed by atoms with Gasteiger partial charge in [-0.05, 0) is 55.9 Å². The van der Waals surface area contributed by atoms with Crippen LogP contribution < -0.4 is 4.74 Å². The molecule has 1 aliphatic carbocycles. The zero-order valence-corrected chi connectivity index (χ0v) is 14.9. The first-order chi connectivity index (χ1) is 11.5. The average Bonchev–Trinajstić information content (AvgIpc) is 3.33. The predicted molar refractivity (Wildman–Crippen MR) is 93.0 cm³/mol. The average molecular weight is 351 g/mol. The lowest BCUT2D eigenvalue weighted by atomic mass is 10.1. The van der Waals surface area contributed by atoms with Crippen LogP contribution in [0.15, 0.2) is 24.3 Å². The molecule has 1 aromatic carbocycles. The van der Waals surface area contributed by atoms with Gasteiger partial charge in [0.25, 0.3) is 5.91 Å². The van der Waals surface area contributed by atoms with Crippen LogP contribution in [0.5, 0.6) is 5.75 Å². The highest BCUT2D eigenvalue weighted by atomic mass is 32.2. The number of ether oxygens (including phenoxy) is 1. The Labute approximate surface area is 143 Å². The second-order valence-electron chi connectivity index (χ2n) is 6.83. The molecule has 5 nitrogen and oxygen atoms in total. The van der Waals surface area contributed by atoms with Crippen LogP contribution in [-0.2, 0) is 9.84 Å². The summed E-state index contributed by atoms with van der Waals surface area (Å²) in [5.74, 6) is 1.65. The van der Waals surface area contributed by atoms with Crippen molar-refractivity contribution in [2.45, 2.75) is 38.6 Å². The SMILES string of the molecule is CCCN(C(=O)c1ccc(OCC2CC2)cc1)C1CCS(=O)(=O)C1. The quantitative estimate of drug-likeness (QED) is 0.757. The van der Waals surface area contributed by atoms with Crippen LogP contribution in [0.25, 0.3) is 0 Å². The Hall–Kier alpha value is -1.56. The number of hydrogen-bond acceptors (Lipinski definition) is 4. The van der Waals surface area contributed by atoms with E-state index >= 15 is 0 Å². The third-order valence-electron chi connectivity index (χ3n) is 4.66. The molecule has 1 aliphatic heterocycles. The lowest BCUT2D eigenvalue weighted by Gasteiger charge is -2.28. The third kappa shape index (κ3) is 4.29. The van der Waals surface area contributed by atoms with Crippen molar-refractivity contribution in [3.63, 3.8) is 0 Å². The Morgan fingerprint density at radius 2 is 1.92 bits per heavy atom. The van der Waals surface area contributed by atoms with Crippen molar-refractivity contribution in [3.8, 4) is 5.75 Å². The summed E-state index contributed by atoms with van der Waals surface area (Å²) >= 11 is 0. The lowest BCUT2D eigenvalue weighted by molar-refractivity contribution is 0.0697. The Morgan fingerprint density at radius 3 is 2.46 bits per heavy atom. The molecule has 1 atom stereocenters. The van der Waals surface area contributed by atoms with Gasteiger partial charge in [-0.15, -0.1) is 0 Å². The maximum absolute atomic E-state index is 12.8. The number of nitrogens with zero attached hydrogens (tertiary/aromatic N) is 1. The maximum atomic E-state index is 12.8. The van der Waals surface area contributed by atoms with E-state index in [-0.39, 0.29) is 23.5 Å². The molecule has 132 valence electrons. The first-order valence-electron chi connectivity index (χ1n) is 8.73. The van der Waals surface area contributed by atoms with Gasteiger partial charge in [0.2, 0.25) is 0 Å². The van der Waals surface area contributed by atoms with Crippen molar-refractivity contribution in [2.75, 3.05) is 24.7 Å². The number of rotatable bonds is 7. The van der Waals surface area contributed by atoms with Crippen molar-refractivity contribution < 1.29 is 17.9 Å². The molecule has 1 aromatic rings. The van der Waals surface area contributed by atoms with Gasteiger partial charge in [-0.3, -0.25) is 4.79 Å². The molecule has 1 unspecified atom stereocenters. The van der Waals surface area contributed by atoms with Crippen LogP contribution in [0.2, 0.25) is 0 Å². The lowest BCUT2D eigenvalue weighted by Crippen LogP contribution is -2.41. The summed E-state index contributed by atoms with van der Waals surface area (Å²) in [6, 6.07) is 7.00. The van der Waals surface area contributed by atoms with Gasteiger partial charge in [-0.1, -0.05) is 6.92 Å². The Kier molecular flexibility index (Phi) is 5.13. The van der Waals surface area contributed by atoms with Crippen LogP contribution in [0.4, 0.5) is 0 Å². The third-order valence-corrected chi connectivity index (χ3v) is 6.41. The highest BCUT2D eigenvalue weighted by Gasteiger charge is 2.34. The van der Waals surface area contributed by atoms with E-state index in [1.54, 1.807) is 17.0 Å².